The van der Waals surface area contributed by atoms with E-state index in [-0.39, 0.29) is 5.91 Å². The third-order valence-electron chi connectivity index (χ3n) is 5.27. The van der Waals surface area contributed by atoms with Crippen LogP contribution >= 0.6 is 0 Å². The van der Waals surface area contributed by atoms with Crippen LogP contribution in [0.3, 0.4) is 0 Å². The minimum atomic E-state index is -0.121. The molecule has 146 valence electrons. The van der Waals surface area contributed by atoms with Gasteiger partial charge in [-0.2, -0.15) is 0 Å². The quantitative estimate of drug-likeness (QED) is 0.738. The molecule has 0 bridgehead atoms. The minimum Gasteiger partial charge on any atom is -0.357 e. The Balaban J connectivity index is 1.37. The Morgan fingerprint density at radius 1 is 1.11 bits per heavy atom. The number of anilines is 1. The highest BCUT2D eigenvalue weighted by Crippen LogP contribution is 2.18. The maximum atomic E-state index is 12.5. The normalized spacial score (nSPS) is 14.8. The number of nitrogens with one attached hydrogen (secondary N) is 1. The molecule has 1 amide bonds. The molecule has 0 saturated carbocycles. The van der Waals surface area contributed by atoms with Gasteiger partial charge in [-0.3, -0.25) is 4.79 Å². The van der Waals surface area contributed by atoms with Gasteiger partial charge >= 0.3 is 0 Å². The Bertz CT molecular complexity index is 941. The molecule has 4 rings (SSSR count). The van der Waals surface area contributed by atoms with Gasteiger partial charge in [0.25, 0.3) is 5.91 Å². The van der Waals surface area contributed by atoms with Gasteiger partial charge in [0.1, 0.15) is 11.3 Å². The predicted molar refractivity (Wildman–Crippen MR) is 109 cm³/mol. The van der Waals surface area contributed by atoms with Crippen molar-refractivity contribution in [3.05, 3.63) is 47.7 Å². The van der Waals surface area contributed by atoms with E-state index in [4.69, 9.17) is 0 Å². The molecule has 3 aromatic rings. The minimum absolute atomic E-state index is 0.121. The van der Waals surface area contributed by atoms with E-state index in [9.17, 15) is 4.79 Å². The number of hydrogen-bond acceptors (Lipinski definition) is 5. The van der Waals surface area contributed by atoms with Gasteiger partial charge in [-0.25, -0.2) is 9.67 Å². The number of nitrogens with zero attached hydrogens (tertiary/aromatic N) is 5. The first kappa shape index (κ1) is 18.4. The maximum absolute atomic E-state index is 12.5. The summed E-state index contributed by atoms with van der Waals surface area (Å²) in [6.07, 6.45) is 6.94. The maximum Gasteiger partial charge on any atom is 0.251 e. The Labute approximate surface area is 164 Å². The van der Waals surface area contributed by atoms with Crippen molar-refractivity contribution in [1.29, 1.82) is 0 Å². The van der Waals surface area contributed by atoms with Gasteiger partial charge in [0, 0.05) is 37.9 Å². The zero-order valence-electron chi connectivity index (χ0n) is 16.3. The average molecular weight is 378 g/mol. The molecule has 28 heavy (non-hydrogen) atoms. The van der Waals surface area contributed by atoms with Crippen LogP contribution in [0.15, 0.2) is 36.5 Å². The molecule has 0 atom stereocenters. The Kier molecular flexibility index (Phi) is 5.50. The second-order valence-electron chi connectivity index (χ2n) is 7.22. The highest BCUT2D eigenvalue weighted by molar-refractivity contribution is 5.97. The third kappa shape index (κ3) is 3.98. The first-order chi connectivity index (χ1) is 13.7. The van der Waals surface area contributed by atoms with Crippen LogP contribution in [-0.4, -0.2) is 39.0 Å². The molecule has 1 fully saturated rings. The van der Waals surface area contributed by atoms with Gasteiger partial charge in [-0.05, 0) is 49.6 Å². The highest BCUT2D eigenvalue weighted by atomic mass is 16.1. The summed E-state index contributed by atoms with van der Waals surface area (Å²) in [5.41, 5.74) is 3.25. The van der Waals surface area contributed by atoms with Crippen LogP contribution in [0.2, 0.25) is 0 Å². The molecule has 0 radical (unpaired) electrons. The summed E-state index contributed by atoms with van der Waals surface area (Å²) in [4.78, 5) is 19.5. The summed E-state index contributed by atoms with van der Waals surface area (Å²) < 4.78 is 1.81. The first-order valence-corrected chi connectivity index (χ1v) is 10.1. The van der Waals surface area contributed by atoms with Gasteiger partial charge in [0.05, 0.1) is 5.52 Å². The molecule has 0 unspecified atom stereocenters. The van der Waals surface area contributed by atoms with Crippen molar-refractivity contribution >= 4 is 22.8 Å². The molecule has 0 spiro atoms. The fourth-order valence-corrected chi connectivity index (χ4v) is 3.64. The molecule has 0 aliphatic carbocycles. The van der Waals surface area contributed by atoms with Crippen LogP contribution < -0.4 is 10.2 Å². The van der Waals surface area contributed by atoms with Crippen molar-refractivity contribution in [2.24, 2.45) is 0 Å². The van der Waals surface area contributed by atoms with E-state index in [1.165, 1.54) is 25.7 Å². The van der Waals surface area contributed by atoms with Crippen LogP contribution in [0.4, 0.5) is 5.82 Å². The number of fused-ring (bicyclic) bond motifs is 1. The van der Waals surface area contributed by atoms with E-state index in [1.54, 1.807) is 6.07 Å². The molecule has 1 aliphatic heterocycles. The summed E-state index contributed by atoms with van der Waals surface area (Å²) in [6, 6.07) is 9.59. The van der Waals surface area contributed by atoms with Gasteiger partial charge in [-0.1, -0.05) is 24.1 Å². The molecule has 7 nitrogen and oxygen atoms in total. The predicted octanol–water partition coefficient (Wildman–Crippen LogP) is 3.16. The summed E-state index contributed by atoms with van der Waals surface area (Å²) in [7, 11) is 0. The van der Waals surface area contributed by atoms with Crippen molar-refractivity contribution in [2.45, 2.75) is 45.7 Å². The highest BCUT2D eigenvalue weighted by Gasteiger charge is 2.12. The number of pyridine rings is 1. The van der Waals surface area contributed by atoms with Gasteiger partial charge in [-0.15, -0.1) is 5.10 Å². The van der Waals surface area contributed by atoms with E-state index < -0.39 is 0 Å². The fourth-order valence-electron chi connectivity index (χ4n) is 3.64. The van der Waals surface area contributed by atoms with Crippen molar-refractivity contribution in [3.63, 3.8) is 0 Å². The Morgan fingerprint density at radius 3 is 2.64 bits per heavy atom. The number of aromatic nitrogens is 4. The lowest BCUT2D eigenvalue weighted by atomic mass is 10.2. The van der Waals surface area contributed by atoms with Crippen molar-refractivity contribution in [3.8, 4) is 0 Å². The number of rotatable bonds is 5. The van der Waals surface area contributed by atoms with Crippen LogP contribution in [-0.2, 0) is 13.1 Å². The second kappa shape index (κ2) is 8.37. The number of hydrogen-bond donors (Lipinski definition) is 1. The molecule has 1 aromatic carbocycles. The van der Waals surface area contributed by atoms with Crippen LogP contribution in [0.1, 0.15) is 48.5 Å². The number of carbonyl (C=O) groups excluding carboxylic acids is 1. The topological polar surface area (TPSA) is 75.9 Å². The van der Waals surface area contributed by atoms with Crippen LogP contribution in [0.25, 0.3) is 11.0 Å². The molecule has 1 N–H and O–H groups in total. The summed E-state index contributed by atoms with van der Waals surface area (Å²) in [5, 5.41) is 11.2. The molecule has 3 heterocycles. The largest absolute Gasteiger partial charge is 0.357 e. The lowest BCUT2D eigenvalue weighted by Gasteiger charge is -2.21. The summed E-state index contributed by atoms with van der Waals surface area (Å²) >= 11 is 0. The molecule has 1 aliphatic rings. The number of amides is 1. The van der Waals surface area contributed by atoms with Crippen molar-refractivity contribution < 1.29 is 4.79 Å². The number of aryl methyl sites for hydroxylation is 1. The lowest BCUT2D eigenvalue weighted by molar-refractivity contribution is 0.0951. The Hall–Kier alpha value is -2.96. The van der Waals surface area contributed by atoms with Crippen molar-refractivity contribution in [1.82, 2.24) is 25.3 Å². The standard InChI is InChI=1S/C21H26N6O/c1-2-27-19-9-8-17(13-18(19)24-25-27)21(28)23-15-16-7-10-20(22-14-16)26-11-5-3-4-6-12-26/h7-10,13-14H,2-6,11-12,15H2,1H3,(H,23,28). The zero-order chi connectivity index (χ0) is 19.3. The van der Waals surface area contributed by atoms with E-state index in [0.717, 1.165) is 42.0 Å². The monoisotopic (exact) mass is 378 g/mol. The molecule has 7 heteroatoms. The molecular formula is C21H26N6O. The first-order valence-electron chi connectivity index (χ1n) is 10.1. The summed E-state index contributed by atoms with van der Waals surface area (Å²) in [5.74, 6) is 0.908. The van der Waals surface area contributed by atoms with E-state index in [2.05, 4.69) is 31.6 Å². The van der Waals surface area contributed by atoms with Gasteiger partial charge in [0.15, 0.2) is 0 Å². The average Bonchev–Trinajstić information content (AvgIpc) is 2.95. The molecular weight excluding hydrogens is 352 g/mol. The van der Waals surface area contributed by atoms with E-state index in [0.29, 0.717) is 12.1 Å². The SMILES string of the molecule is CCn1nnc2cc(C(=O)NCc3ccc(N4CCCCCC4)nc3)ccc21. The fraction of sp³-hybridized carbons (Fsp3) is 0.429. The van der Waals surface area contributed by atoms with Crippen LogP contribution in [0, 0.1) is 0 Å². The number of benzene rings is 1. The van der Waals surface area contributed by atoms with Gasteiger partial charge < -0.3 is 10.2 Å². The third-order valence-corrected chi connectivity index (χ3v) is 5.27. The van der Waals surface area contributed by atoms with Crippen molar-refractivity contribution in [2.75, 3.05) is 18.0 Å². The molecule has 2 aromatic heterocycles. The Morgan fingerprint density at radius 2 is 1.93 bits per heavy atom. The zero-order valence-corrected chi connectivity index (χ0v) is 16.3. The van der Waals surface area contributed by atoms with E-state index in [1.807, 2.05) is 36.0 Å². The second-order valence-corrected chi connectivity index (χ2v) is 7.22. The van der Waals surface area contributed by atoms with E-state index >= 15 is 0 Å². The van der Waals surface area contributed by atoms with Gasteiger partial charge in [0.2, 0.25) is 0 Å². The number of carbonyl (C=O) groups is 1. The molecule has 1 saturated heterocycles. The lowest BCUT2D eigenvalue weighted by Crippen LogP contribution is -2.25. The summed E-state index contributed by atoms with van der Waals surface area (Å²) in [6.45, 7) is 5.37. The van der Waals surface area contributed by atoms with Crippen LogP contribution in [0.5, 0.6) is 0 Å². The smallest absolute Gasteiger partial charge is 0.251 e.